The van der Waals surface area contributed by atoms with Gasteiger partial charge in [-0.25, -0.2) is 9.97 Å². The Morgan fingerprint density at radius 3 is 2.62 bits per heavy atom. The molecule has 0 fully saturated rings. The third-order valence-electron chi connectivity index (χ3n) is 3.78. The maximum absolute atomic E-state index is 5.51. The molecule has 0 unspecified atom stereocenters. The van der Waals surface area contributed by atoms with Crippen LogP contribution in [0.15, 0.2) is 22.8 Å². The smallest absolute Gasteiger partial charge is 0.243 e. The van der Waals surface area contributed by atoms with Crippen molar-refractivity contribution in [3.05, 3.63) is 38.4 Å². The van der Waals surface area contributed by atoms with Gasteiger partial charge in [-0.15, -0.1) is 16.4 Å². The van der Waals surface area contributed by atoms with Crippen LogP contribution in [0.2, 0.25) is 0 Å². The van der Waals surface area contributed by atoms with Gasteiger partial charge in [-0.2, -0.15) is 5.10 Å². The molecule has 0 bridgehead atoms. The van der Waals surface area contributed by atoms with Crippen LogP contribution in [0.25, 0.3) is 11.3 Å². The maximum Gasteiger partial charge on any atom is 0.243 e. The lowest BCUT2D eigenvalue weighted by molar-refractivity contribution is 0.395. The van der Waals surface area contributed by atoms with Crippen LogP contribution in [-0.2, 0) is 6.54 Å². The van der Waals surface area contributed by atoms with Gasteiger partial charge >= 0.3 is 0 Å². The predicted octanol–water partition coefficient (Wildman–Crippen LogP) is 4.00. The number of thiazole rings is 1. The third-order valence-corrected chi connectivity index (χ3v) is 5.48. The molecule has 136 valence electrons. The van der Waals surface area contributed by atoms with E-state index in [0.29, 0.717) is 35.2 Å². The first-order valence-corrected chi connectivity index (χ1v) is 9.41. The second kappa shape index (κ2) is 7.96. The first-order chi connectivity index (χ1) is 12.5. The standard InChI is InChI=1S/C17H18BrN5O2S/c1-9-10(2)26-14(21-9)8-19-17-22-12(7-20-23-17)15-13(24-3)6-5-11(18)16(15)25-4/h5-7H,8H2,1-4H3,(H,19,22,23). The van der Waals surface area contributed by atoms with Crippen LogP contribution in [0.1, 0.15) is 15.6 Å². The van der Waals surface area contributed by atoms with Crippen molar-refractivity contribution < 1.29 is 9.47 Å². The van der Waals surface area contributed by atoms with Crippen molar-refractivity contribution in [3.63, 3.8) is 0 Å². The molecule has 0 radical (unpaired) electrons. The van der Waals surface area contributed by atoms with E-state index in [9.17, 15) is 0 Å². The number of benzene rings is 1. The molecule has 0 aliphatic heterocycles. The normalized spacial score (nSPS) is 10.7. The summed E-state index contributed by atoms with van der Waals surface area (Å²) in [5.41, 5.74) is 2.36. The number of hydrogen-bond donors (Lipinski definition) is 1. The number of aromatic nitrogens is 4. The molecule has 1 aromatic carbocycles. The predicted molar refractivity (Wildman–Crippen MR) is 105 cm³/mol. The number of anilines is 1. The summed E-state index contributed by atoms with van der Waals surface area (Å²) in [4.78, 5) is 10.3. The lowest BCUT2D eigenvalue weighted by Gasteiger charge is -2.14. The Kier molecular flexibility index (Phi) is 5.67. The van der Waals surface area contributed by atoms with E-state index in [1.807, 2.05) is 19.1 Å². The third kappa shape index (κ3) is 3.78. The molecule has 0 saturated carbocycles. The molecule has 0 spiro atoms. The van der Waals surface area contributed by atoms with Gasteiger partial charge in [0.15, 0.2) is 0 Å². The fourth-order valence-corrected chi connectivity index (χ4v) is 3.79. The largest absolute Gasteiger partial charge is 0.496 e. The summed E-state index contributed by atoms with van der Waals surface area (Å²) in [6.45, 7) is 4.60. The number of aryl methyl sites for hydroxylation is 2. The molecule has 3 aromatic rings. The van der Waals surface area contributed by atoms with Gasteiger partial charge in [0, 0.05) is 4.88 Å². The summed E-state index contributed by atoms with van der Waals surface area (Å²) in [5, 5.41) is 12.3. The molecule has 26 heavy (non-hydrogen) atoms. The zero-order valence-electron chi connectivity index (χ0n) is 14.8. The monoisotopic (exact) mass is 435 g/mol. The van der Waals surface area contributed by atoms with Gasteiger partial charge in [0.1, 0.15) is 22.2 Å². The van der Waals surface area contributed by atoms with E-state index < -0.39 is 0 Å². The second-order valence-corrected chi connectivity index (χ2v) is 7.57. The van der Waals surface area contributed by atoms with E-state index in [4.69, 9.17) is 9.47 Å². The Morgan fingerprint density at radius 1 is 1.15 bits per heavy atom. The Morgan fingerprint density at radius 2 is 1.96 bits per heavy atom. The number of nitrogens with one attached hydrogen (secondary N) is 1. The summed E-state index contributed by atoms with van der Waals surface area (Å²) in [6, 6.07) is 3.71. The van der Waals surface area contributed by atoms with Gasteiger partial charge in [-0.05, 0) is 41.9 Å². The molecule has 7 nitrogen and oxygen atoms in total. The molecule has 0 aliphatic carbocycles. The van der Waals surface area contributed by atoms with Crippen molar-refractivity contribution in [2.24, 2.45) is 0 Å². The van der Waals surface area contributed by atoms with Gasteiger partial charge < -0.3 is 14.8 Å². The van der Waals surface area contributed by atoms with E-state index in [0.717, 1.165) is 15.2 Å². The average Bonchev–Trinajstić information content (AvgIpc) is 2.97. The van der Waals surface area contributed by atoms with Gasteiger partial charge in [0.2, 0.25) is 5.95 Å². The Balaban J connectivity index is 1.91. The zero-order valence-corrected chi connectivity index (χ0v) is 17.2. The zero-order chi connectivity index (χ0) is 18.7. The molecule has 9 heteroatoms. The SMILES string of the molecule is COc1ccc(Br)c(OC)c1-c1cnnc(NCc2nc(C)c(C)s2)n1. The van der Waals surface area contributed by atoms with Gasteiger partial charge in [-0.1, -0.05) is 0 Å². The lowest BCUT2D eigenvalue weighted by Crippen LogP contribution is -2.06. The van der Waals surface area contributed by atoms with Crippen LogP contribution >= 0.6 is 27.3 Å². The first kappa shape index (κ1) is 18.5. The quantitative estimate of drug-likeness (QED) is 0.626. The highest BCUT2D eigenvalue weighted by Gasteiger charge is 2.18. The van der Waals surface area contributed by atoms with Gasteiger partial charge in [-0.3, -0.25) is 0 Å². The Bertz CT molecular complexity index is 912. The van der Waals surface area contributed by atoms with Gasteiger partial charge in [0.25, 0.3) is 0 Å². The van der Waals surface area contributed by atoms with Crippen molar-refractivity contribution in [2.45, 2.75) is 20.4 Å². The van der Waals surface area contributed by atoms with E-state index in [1.165, 1.54) is 4.88 Å². The van der Waals surface area contributed by atoms with E-state index in [-0.39, 0.29) is 0 Å². The second-order valence-electron chi connectivity index (χ2n) is 5.43. The van der Waals surface area contributed by atoms with E-state index in [1.54, 1.807) is 31.8 Å². The minimum atomic E-state index is 0.414. The molecular weight excluding hydrogens is 418 g/mol. The fourth-order valence-electron chi connectivity index (χ4n) is 2.42. The lowest BCUT2D eigenvalue weighted by atomic mass is 10.1. The molecule has 0 atom stereocenters. The van der Waals surface area contributed by atoms with Crippen molar-refractivity contribution in [3.8, 4) is 22.8 Å². The molecule has 2 aromatic heterocycles. The molecule has 0 saturated heterocycles. The number of rotatable bonds is 6. The minimum Gasteiger partial charge on any atom is -0.496 e. The van der Waals surface area contributed by atoms with Crippen LogP contribution in [0.4, 0.5) is 5.95 Å². The highest BCUT2D eigenvalue weighted by molar-refractivity contribution is 9.10. The average molecular weight is 436 g/mol. The maximum atomic E-state index is 5.51. The minimum absolute atomic E-state index is 0.414. The number of nitrogens with zero attached hydrogens (tertiary/aromatic N) is 4. The number of ether oxygens (including phenoxy) is 2. The van der Waals surface area contributed by atoms with Crippen molar-refractivity contribution in [2.75, 3.05) is 19.5 Å². The molecule has 1 N–H and O–H groups in total. The Hall–Kier alpha value is -2.26. The number of methoxy groups -OCH3 is 2. The molecular formula is C17H18BrN5O2S. The molecule has 2 heterocycles. The van der Waals surface area contributed by atoms with Crippen LogP contribution in [0, 0.1) is 13.8 Å². The van der Waals surface area contributed by atoms with Gasteiger partial charge in [0.05, 0.1) is 42.7 Å². The summed E-state index contributed by atoms with van der Waals surface area (Å²) in [7, 11) is 3.21. The van der Waals surface area contributed by atoms with Crippen LogP contribution < -0.4 is 14.8 Å². The summed E-state index contributed by atoms with van der Waals surface area (Å²) in [6.07, 6.45) is 1.58. The van der Waals surface area contributed by atoms with Crippen molar-refractivity contribution in [1.82, 2.24) is 20.2 Å². The molecule has 0 amide bonds. The van der Waals surface area contributed by atoms with Crippen LogP contribution in [-0.4, -0.2) is 34.4 Å². The van der Waals surface area contributed by atoms with E-state index >= 15 is 0 Å². The highest BCUT2D eigenvalue weighted by Crippen LogP contribution is 2.42. The molecule has 0 aliphatic rings. The highest BCUT2D eigenvalue weighted by atomic mass is 79.9. The van der Waals surface area contributed by atoms with Crippen molar-refractivity contribution in [1.29, 1.82) is 0 Å². The summed E-state index contributed by atoms with van der Waals surface area (Å²) < 4.78 is 11.8. The van der Waals surface area contributed by atoms with E-state index in [2.05, 4.69) is 48.3 Å². The summed E-state index contributed by atoms with van der Waals surface area (Å²) in [5.74, 6) is 1.68. The van der Waals surface area contributed by atoms with Crippen molar-refractivity contribution >= 4 is 33.2 Å². The van der Waals surface area contributed by atoms with Crippen LogP contribution in [0.5, 0.6) is 11.5 Å². The Labute approximate surface area is 164 Å². The number of hydrogen-bond acceptors (Lipinski definition) is 8. The number of halogens is 1. The van der Waals surface area contributed by atoms with Crippen LogP contribution in [0.3, 0.4) is 0 Å². The molecule has 3 rings (SSSR count). The topological polar surface area (TPSA) is 82.0 Å². The summed E-state index contributed by atoms with van der Waals surface area (Å²) >= 11 is 5.14. The fraction of sp³-hybridized carbons (Fsp3) is 0.294. The first-order valence-electron chi connectivity index (χ1n) is 7.80.